The Labute approximate surface area is 53.1 Å². The molecule has 0 spiro atoms. The lowest BCUT2D eigenvalue weighted by Crippen LogP contribution is -2.23. The van der Waals surface area contributed by atoms with Gasteiger partial charge in [-0.05, 0) is 0 Å². The summed E-state index contributed by atoms with van der Waals surface area (Å²) in [5, 5.41) is 10.1. The fourth-order valence-corrected chi connectivity index (χ4v) is 0.246. The van der Waals surface area contributed by atoms with Crippen LogP contribution in [0.3, 0.4) is 0 Å². The van der Waals surface area contributed by atoms with Crippen LogP contribution in [0.25, 0.3) is 0 Å². The number of amides is 1. The third-order valence-corrected chi connectivity index (χ3v) is 0.725. The number of rotatable bonds is 3. The predicted octanol–water partition coefficient (Wildman–Crippen LogP) is 0.414. The maximum absolute atomic E-state index is 9.81. The SMILES string of the molecule is C=C(CNC(=O)O)OC. The molecule has 0 aromatic rings. The van der Waals surface area contributed by atoms with Crippen LogP contribution in [0.1, 0.15) is 0 Å². The van der Waals surface area contributed by atoms with E-state index in [0.717, 1.165) is 0 Å². The van der Waals surface area contributed by atoms with Crippen LogP contribution in [0.5, 0.6) is 0 Å². The summed E-state index contributed by atoms with van der Waals surface area (Å²) in [5.41, 5.74) is 0. The Balaban J connectivity index is 3.28. The summed E-state index contributed by atoms with van der Waals surface area (Å²) < 4.78 is 4.58. The third kappa shape index (κ3) is 4.67. The number of hydrogen-bond donors (Lipinski definition) is 2. The predicted molar refractivity (Wildman–Crippen MR) is 32.2 cm³/mol. The largest absolute Gasteiger partial charge is 0.500 e. The Morgan fingerprint density at radius 2 is 2.44 bits per heavy atom. The molecule has 0 aromatic heterocycles. The molecule has 0 saturated carbocycles. The summed E-state index contributed by atoms with van der Waals surface area (Å²) in [6.07, 6.45) is -1.08. The lowest BCUT2D eigenvalue weighted by Gasteiger charge is -2.01. The molecule has 52 valence electrons. The van der Waals surface area contributed by atoms with E-state index in [4.69, 9.17) is 5.11 Å². The highest BCUT2D eigenvalue weighted by molar-refractivity contribution is 5.64. The Bertz CT molecular complexity index is 121. The van der Waals surface area contributed by atoms with Crippen molar-refractivity contribution in [3.8, 4) is 0 Å². The normalized spacial score (nSPS) is 8.11. The fraction of sp³-hybridized carbons (Fsp3) is 0.400. The Morgan fingerprint density at radius 3 is 2.78 bits per heavy atom. The van der Waals surface area contributed by atoms with Crippen molar-refractivity contribution in [2.24, 2.45) is 0 Å². The lowest BCUT2D eigenvalue weighted by atomic mass is 10.5. The lowest BCUT2D eigenvalue weighted by molar-refractivity contribution is 0.192. The second-order valence-corrected chi connectivity index (χ2v) is 1.40. The van der Waals surface area contributed by atoms with E-state index in [1.807, 2.05) is 0 Å². The Hall–Kier alpha value is -1.19. The molecule has 0 aromatic carbocycles. The molecule has 0 atom stereocenters. The van der Waals surface area contributed by atoms with E-state index in [-0.39, 0.29) is 6.54 Å². The van der Waals surface area contributed by atoms with Gasteiger partial charge in [-0.25, -0.2) is 4.79 Å². The van der Waals surface area contributed by atoms with Crippen LogP contribution in [0.4, 0.5) is 4.79 Å². The van der Waals surface area contributed by atoms with Crippen LogP contribution >= 0.6 is 0 Å². The van der Waals surface area contributed by atoms with E-state index >= 15 is 0 Å². The zero-order valence-electron chi connectivity index (χ0n) is 5.18. The van der Waals surface area contributed by atoms with Crippen molar-refractivity contribution in [2.45, 2.75) is 0 Å². The van der Waals surface area contributed by atoms with Gasteiger partial charge in [0.15, 0.2) is 0 Å². The van der Waals surface area contributed by atoms with Crippen LogP contribution in [0, 0.1) is 0 Å². The van der Waals surface area contributed by atoms with Crippen molar-refractivity contribution in [3.05, 3.63) is 12.3 Å². The highest BCUT2D eigenvalue weighted by atomic mass is 16.5. The molecule has 4 nitrogen and oxygen atoms in total. The van der Waals surface area contributed by atoms with E-state index in [1.165, 1.54) is 7.11 Å². The monoisotopic (exact) mass is 131 g/mol. The standard InChI is InChI=1S/C5H9NO3/c1-4(9-2)3-6-5(7)8/h6H,1,3H2,2H3,(H,7,8). The molecule has 1 amide bonds. The number of nitrogens with one attached hydrogen (secondary N) is 1. The first-order valence-corrected chi connectivity index (χ1v) is 2.35. The zero-order valence-corrected chi connectivity index (χ0v) is 5.18. The molecule has 2 N–H and O–H groups in total. The zero-order chi connectivity index (χ0) is 7.28. The third-order valence-electron chi connectivity index (χ3n) is 0.725. The number of carboxylic acid groups (broad SMARTS) is 1. The number of hydrogen-bond acceptors (Lipinski definition) is 2. The van der Waals surface area contributed by atoms with Crippen molar-refractivity contribution in [1.29, 1.82) is 0 Å². The molecule has 0 bridgehead atoms. The van der Waals surface area contributed by atoms with Crippen molar-refractivity contribution in [2.75, 3.05) is 13.7 Å². The molecule has 0 fully saturated rings. The summed E-state index contributed by atoms with van der Waals surface area (Å²) in [7, 11) is 1.44. The maximum Gasteiger partial charge on any atom is 0.405 e. The maximum atomic E-state index is 9.81. The first-order chi connectivity index (χ1) is 4.16. The van der Waals surface area contributed by atoms with Crippen LogP contribution in [-0.2, 0) is 4.74 Å². The van der Waals surface area contributed by atoms with Crippen molar-refractivity contribution < 1.29 is 14.6 Å². The molecule has 0 heterocycles. The summed E-state index contributed by atoms with van der Waals surface area (Å²) in [4.78, 5) is 9.81. The summed E-state index contributed by atoms with van der Waals surface area (Å²) in [6, 6.07) is 0. The first-order valence-electron chi connectivity index (χ1n) is 2.35. The number of methoxy groups -OCH3 is 1. The topological polar surface area (TPSA) is 58.6 Å². The average Bonchev–Trinajstić information content (AvgIpc) is 1.83. The quantitative estimate of drug-likeness (QED) is 0.545. The summed E-state index contributed by atoms with van der Waals surface area (Å²) in [6.45, 7) is 3.54. The van der Waals surface area contributed by atoms with Gasteiger partial charge in [0, 0.05) is 0 Å². The molecule has 0 unspecified atom stereocenters. The van der Waals surface area contributed by atoms with E-state index < -0.39 is 6.09 Å². The summed E-state index contributed by atoms with van der Waals surface area (Å²) in [5.74, 6) is 0.400. The first kappa shape index (κ1) is 7.81. The molecule has 9 heavy (non-hydrogen) atoms. The highest BCUT2D eigenvalue weighted by Crippen LogP contribution is 1.84. The van der Waals surface area contributed by atoms with E-state index in [0.29, 0.717) is 5.76 Å². The van der Waals surface area contributed by atoms with Gasteiger partial charge in [0.05, 0.1) is 13.7 Å². The van der Waals surface area contributed by atoms with E-state index in [1.54, 1.807) is 0 Å². The Morgan fingerprint density at radius 1 is 1.89 bits per heavy atom. The van der Waals surface area contributed by atoms with Gasteiger partial charge in [-0.3, -0.25) is 0 Å². The van der Waals surface area contributed by atoms with Crippen LogP contribution in [0.2, 0.25) is 0 Å². The summed E-state index contributed by atoms with van der Waals surface area (Å²) >= 11 is 0. The van der Waals surface area contributed by atoms with Crippen molar-refractivity contribution in [3.63, 3.8) is 0 Å². The second-order valence-electron chi connectivity index (χ2n) is 1.40. The van der Waals surface area contributed by atoms with Gasteiger partial charge in [0.2, 0.25) is 0 Å². The van der Waals surface area contributed by atoms with Crippen LogP contribution < -0.4 is 5.32 Å². The van der Waals surface area contributed by atoms with Gasteiger partial charge in [0.1, 0.15) is 5.76 Å². The van der Waals surface area contributed by atoms with Crippen LogP contribution in [-0.4, -0.2) is 24.9 Å². The molecule has 0 saturated heterocycles. The minimum Gasteiger partial charge on any atom is -0.500 e. The molecular weight excluding hydrogens is 122 g/mol. The molecule has 0 aliphatic carbocycles. The molecular formula is C5H9NO3. The van der Waals surface area contributed by atoms with Crippen molar-refractivity contribution in [1.82, 2.24) is 5.32 Å². The van der Waals surface area contributed by atoms with Gasteiger partial charge >= 0.3 is 6.09 Å². The second kappa shape index (κ2) is 3.77. The van der Waals surface area contributed by atoms with Gasteiger partial charge < -0.3 is 15.2 Å². The molecule has 0 aliphatic heterocycles. The molecule has 0 radical (unpaired) electrons. The smallest absolute Gasteiger partial charge is 0.405 e. The van der Waals surface area contributed by atoms with E-state index in [9.17, 15) is 4.79 Å². The van der Waals surface area contributed by atoms with Gasteiger partial charge in [-0.2, -0.15) is 0 Å². The Kier molecular flexibility index (Phi) is 3.27. The van der Waals surface area contributed by atoms with Crippen molar-refractivity contribution >= 4 is 6.09 Å². The minimum atomic E-state index is -1.08. The van der Waals surface area contributed by atoms with E-state index in [2.05, 4.69) is 16.6 Å². The van der Waals surface area contributed by atoms with Gasteiger partial charge in [0.25, 0.3) is 0 Å². The minimum absolute atomic E-state index is 0.145. The molecule has 0 aliphatic rings. The average molecular weight is 131 g/mol. The number of carbonyl (C=O) groups is 1. The number of ether oxygens (including phenoxy) is 1. The van der Waals surface area contributed by atoms with Gasteiger partial charge in [-0.15, -0.1) is 0 Å². The highest BCUT2D eigenvalue weighted by Gasteiger charge is 1.94. The van der Waals surface area contributed by atoms with Gasteiger partial charge in [-0.1, -0.05) is 6.58 Å². The molecule has 0 rings (SSSR count). The fourth-order valence-electron chi connectivity index (χ4n) is 0.246. The van der Waals surface area contributed by atoms with Crippen LogP contribution in [0.15, 0.2) is 12.3 Å². The molecule has 4 heteroatoms.